The molecular weight excluding hydrogens is 388 g/mol. The van der Waals surface area contributed by atoms with Gasteiger partial charge >= 0.3 is 0 Å². The lowest BCUT2D eigenvalue weighted by molar-refractivity contribution is 0.0925. The predicted octanol–water partition coefficient (Wildman–Crippen LogP) is 4.10. The monoisotopic (exact) mass is 415 g/mol. The maximum Gasteiger partial charge on any atom is 0.281 e. The van der Waals surface area contributed by atoms with Gasteiger partial charge in [-0.2, -0.15) is 0 Å². The number of hydrogen-bond donors (Lipinski definition) is 1. The first-order valence-electron chi connectivity index (χ1n) is 10.3. The van der Waals surface area contributed by atoms with E-state index in [1.165, 1.54) is 6.20 Å². The van der Waals surface area contributed by atoms with Crippen LogP contribution < -0.4 is 10.2 Å². The highest BCUT2D eigenvalue weighted by Gasteiger charge is 2.27. The quantitative estimate of drug-likeness (QED) is 0.683. The van der Waals surface area contributed by atoms with Gasteiger partial charge in [0.15, 0.2) is 0 Å². The van der Waals surface area contributed by atoms with Gasteiger partial charge in [0.25, 0.3) is 12.3 Å². The smallest absolute Gasteiger partial charge is 0.281 e. The van der Waals surface area contributed by atoms with E-state index in [4.69, 9.17) is 0 Å². The molecule has 3 aromatic rings. The van der Waals surface area contributed by atoms with Gasteiger partial charge in [-0.1, -0.05) is 6.07 Å². The lowest BCUT2D eigenvalue weighted by Gasteiger charge is -2.36. The van der Waals surface area contributed by atoms with E-state index in [-0.39, 0.29) is 23.7 Å². The second-order valence-electron chi connectivity index (χ2n) is 8.19. The number of nitrogens with one attached hydrogen (secondary N) is 1. The van der Waals surface area contributed by atoms with Crippen molar-refractivity contribution in [2.24, 2.45) is 7.05 Å². The molecule has 0 radical (unpaired) electrons. The van der Waals surface area contributed by atoms with E-state index in [0.717, 1.165) is 42.6 Å². The Hall–Kier alpha value is -2.90. The molecule has 1 fully saturated rings. The van der Waals surface area contributed by atoms with Gasteiger partial charge in [-0.15, -0.1) is 0 Å². The van der Waals surface area contributed by atoms with E-state index in [9.17, 15) is 13.6 Å². The molecule has 0 saturated heterocycles. The van der Waals surface area contributed by atoms with Gasteiger partial charge in [0, 0.05) is 44.8 Å². The number of pyridine rings is 1. The molecule has 6 nitrogen and oxygen atoms in total. The summed E-state index contributed by atoms with van der Waals surface area (Å²) in [4.78, 5) is 18.7. The summed E-state index contributed by atoms with van der Waals surface area (Å²) in [5, 5.41) is 3.16. The number of rotatable bonds is 5. The van der Waals surface area contributed by atoms with Gasteiger partial charge in [0.05, 0.1) is 5.56 Å². The minimum absolute atomic E-state index is 0.0207. The highest BCUT2D eigenvalue weighted by molar-refractivity contribution is 5.95. The zero-order chi connectivity index (χ0) is 21.4. The van der Waals surface area contributed by atoms with Crippen molar-refractivity contribution in [3.63, 3.8) is 0 Å². The van der Waals surface area contributed by atoms with E-state index in [2.05, 4.69) is 15.2 Å². The number of imidazole rings is 1. The molecule has 0 unspecified atom stereocenters. The Morgan fingerprint density at radius 3 is 2.57 bits per heavy atom. The van der Waals surface area contributed by atoms with Crippen LogP contribution in [0, 0.1) is 6.92 Å². The highest BCUT2D eigenvalue weighted by atomic mass is 19.3. The third-order valence-corrected chi connectivity index (χ3v) is 6.05. The number of aromatic nitrogens is 3. The zero-order valence-corrected chi connectivity index (χ0v) is 17.5. The first-order chi connectivity index (χ1) is 14.3. The Kier molecular flexibility index (Phi) is 5.49. The second kappa shape index (κ2) is 8.08. The number of anilines is 1. The molecule has 30 heavy (non-hydrogen) atoms. The van der Waals surface area contributed by atoms with Gasteiger partial charge in [0.1, 0.15) is 17.2 Å². The van der Waals surface area contributed by atoms with Crippen molar-refractivity contribution in [2.45, 2.75) is 51.1 Å². The normalized spacial score (nSPS) is 19.4. The fraction of sp³-hybridized carbons (Fsp3) is 0.455. The largest absolute Gasteiger partial charge is 0.358 e. The average molecular weight is 415 g/mol. The van der Waals surface area contributed by atoms with Crippen LogP contribution in [0.5, 0.6) is 0 Å². The highest BCUT2D eigenvalue weighted by Crippen LogP contribution is 2.28. The Labute approximate surface area is 174 Å². The number of fused-ring (bicyclic) bond motifs is 1. The molecule has 1 amide bonds. The summed E-state index contributed by atoms with van der Waals surface area (Å²) >= 11 is 0. The van der Waals surface area contributed by atoms with Crippen LogP contribution in [0.4, 0.5) is 14.6 Å². The summed E-state index contributed by atoms with van der Waals surface area (Å²) in [6, 6.07) is 5.94. The van der Waals surface area contributed by atoms with Crippen LogP contribution in [0.25, 0.3) is 5.65 Å². The SMILES string of the molecule is Cc1cn(C)cc1C(=O)N[C@H]1CC[C@@H](N(C)c2cccc3nc(C(F)F)cn23)CC1. The minimum atomic E-state index is -2.59. The third-order valence-electron chi connectivity index (χ3n) is 6.05. The standard InChI is InChI=1S/C22H27F2N5O/c1-14-11-27(2)12-17(14)22(30)25-15-7-9-16(10-8-15)28(3)20-6-4-5-19-26-18(21(23)24)13-29(19)20/h4-6,11-13,15-16,21H,7-10H2,1-3H3,(H,25,30)/t15-,16+. The number of carbonyl (C=O) groups excluding carboxylic acids is 1. The predicted molar refractivity (Wildman–Crippen MR) is 112 cm³/mol. The second-order valence-corrected chi connectivity index (χ2v) is 8.19. The molecule has 1 aliphatic rings. The van der Waals surface area contributed by atoms with Gasteiger partial charge in [-0.3, -0.25) is 9.20 Å². The summed E-state index contributed by atoms with van der Waals surface area (Å²) < 4.78 is 29.8. The molecular formula is C22H27F2N5O. The summed E-state index contributed by atoms with van der Waals surface area (Å²) in [7, 11) is 3.91. The third kappa shape index (κ3) is 3.91. The van der Waals surface area contributed by atoms with Crippen LogP contribution in [0.2, 0.25) is 0 Å². The molecule has 1 saturated carbocycles. The van der Waals surface area contributed by atoms with E-state index in [0.29, 0.717) is 5.65 Å². The molecule has 160 valence electrons. The first-order valence-corrected chi connectivity index (χ1v) is 10.3. The van der Waals surface area contributed by atoms with Crippen molar-refractivity contribution >= 4 is 17.4 Å². The number of nitrogens with zero attached hydrogens (tertiary/aromatic N) is 4. The van der Waals surface area contributed by atoms with Crippen molar-refractivity contribution in [1.29, 1.82) is 0 Å². The van der Waals surface area contributed by atoms with Crippen LogP contribution >= 0.6 is 0 Å². The summed E-state index contributed by atoms with van der Waals surface area (Å²) in [5.41, 5.74) is 2.01. The molecule has 0 spiro atoms. The van der Waals surface area contributed by atoms with Crippen molar-refractivity contribution < 1.29 is 13.6 Å². The Morgan fingerprint density at radius 2 is 1.93 bits per heavy atom. The van der Waals surface area contributed by atoms with E-state index < -0.39 is 6.43 Å². The Balaban J connectivity index is 1.41. The Morgan fingerprint density at radius 1 is 1.20 bits per heavy atom. The van der Waals surface area contributed by atoms with Crippen molar-refractivity contribution in [2.75, 3.05) is 11.9 Å². The summed E-state index contributed by atoms with van der Waals surface area (Å²) in [6.07, 6.45) is 6.23. The molecule has 1 N–H and O–H groups in total. The van der Waals surface area contributed by atoms with Gasteiger partial charge in [-0.05, 0) is 50.3 Å². The zero-order valence-electron chi connectivity index (χ0n) is 17.5. The van der Waals surface area contributed by atoms with E-state index >= 15 is 0 Å². The molecule has 3 heterocycles. The lowest BCUT2D eigenvalue weighted by Crippen LogP contribution is -2.43. The summed E-state index contributed by atoms with van der Waals surface area (Å²) in [5.74, 6) is 0.826. The van der Waals surface area contributed by atoms with Crippen LogP contribution in [0.1, 0.15) is 53.7 Å². The fourth-order valence-corrected chi connectivity index (χ4v) is 4.42. The molecule has 8 heteroatoms. The number of halogens is 2. The van der Waals surface area contributed by atoms with E-state index in [1.807, 2.05) is 50.1 Å². The van der Waals surface area contributed by atoms with E-state index in [1.54, 1.807) is 10.5 Å². The van der Waals surface area contributed by atoms with Crippen molar-refractivity contribution in [1.82, 2.24) is 19.3 Å². The van der Waals surface area contributed by atoms with Crippen molar-refractivity contribution in [3.05, 3.63) is 53.6 Å². The molecule has 1 aliphatic carbocycles. The van der Waals surface area contributed by atoms with Gasteiger partial charge in [0.2, 0.25) is 0 Å². The number of amides is 1. The van der Waals surface area contributed by atoms with Crippen molar-refractivity contribution in [3.8, 4) is 0 Å². The van der Waals surface area contributed by atoms with Gasteiger partial charge in [-0.25, -0.2) is 13.8 Å². The lowest BCUT2D eigenvalue weighted by atomic mass is 9.90. The molecule has 4 rings (SSSR count). The Bertz CT molecular complexity index is 1050. The number of carbonyl (C=O) groups is 1. The molecule has 3 aromatic heterocycles. The molecule has 0 bridgehead atoms. The number of aryl methyl sites for hydroxylation is 2. The summed E-state index contributed by atoms with van der Waals surface area (Å²) in [6.45, 7) is 1.94. The average Bonchev–Trinajstić information content (AvgIpc) is 3.30. The molecule has 0 aromatic carbocycles. The molecule has 0 atom stereocenters. The number of hydrogen-bond acceptors (Lipinski definition) is 3. The maximum absolute atomic E-state index is 13.1. The maximum atomic E-state index is 13.1. The topological polar surface area (TPSA) is 54.6 Å². The number of alkyl halides is 2. The van der Waals surface area contributed by atoms with Crippen LogP contribution in [-0.4, -0.2) is 39.0 Å². The minimum Gasteiger partial charge on any atom is -0.358 e. The fourth-order valence-electron chi connectivity index (χ4n) is 4.42. The van der Waals surface area contributed by atoms with Crippen LogP contribution in [0.15, 0.2) is 36.8 Å². The molecule has 0 aliphatic heterocycles. The van der Waals surface area contributed by atoms with Crippen LogP contribution in [-0.2, 0) is 7.05 Å². The first kappa shape index (κ1) is 20.4. The van der Waals surface area contributed by atoms with Gasteiger partial charge < -0.3 is 14.8 Å². The van der Waals surface area contributed by atoms with Crippen LogP contribution in [0.3, 0.4) is 0 Å².